The minimum atomic E-state index is 0.184. The summed E-state index contributed by atoms with van der Waals surface area (Å²) in [6.07, 6.45) is 2.58. The van der Waals surface area contributed by atoms with E-state index in [0.717, 1.165) is 51.7 Å². The summed E-state index contributed by atoms with van der Waals surface area (Å²) in [5.74, 6) is 0.949. The van der Waals surface area contributed by atoms with Crippen molar-refractivity contribution in [3.63, 3.8) is 0 Å². The Labute approximate surface area is 103 Å². The number of rotatable bonds is 6. The first-order valence-electron chi connectivity index (χ1n) is 6.69. The number of piperazine rings is 1. The maximum absolute atomic E-state index is 11.7. The van der Waals surface area contributed by atoms with E-state index in [1.807, 2.05) is 0 Å². The molecule has 1 aliphatic carbocycles. The summed E-state index contributed by atoms with van der Waals surface area (Å²) >= 11 is 0. The van der Waals surface area contributed by atoms with Crippen molar-refractivity contribution in [3.05, 3.63) is 0 Å². The van der Waals surface area contributed by atoms with E-state index in [1.165, 1.54) is 12.8 Å². The lowest BCUT2D eigenvalue weighted by Crippen LogP contribution is -2.50. The smallest absolute Gasteiger partial charge is 0.234 e. The number of carbonyl (C=O) groups excluding carboxylic acids is 1. The van der Waals surface area contributed by atoms with Crippen LogP contribution >= 0.6 is 0 Å². The first kappa shape index (κ1) is 12.8. The van der Waals surface area contributed by atoms with Gasteiger partial charge in [-0.25, -0.2) is 0 Å². The van der Waals surface area contributed by atoms with Crippen LogP contribution in [0.15, 0.2) is 0 Å². The summed E-state index contributed by atoms with van der Waals surface area (Å²) < 4.78 is 0. The van der Waals surface area contributed by atoms with Crippen LogP contribution in [0.4, 0.5) is 0 Å². The first-order chi connectivity index (χ1) is 8.28. The van der Waals surface area contributed by atoms with Crippen molar-refractivity contribution in [2.45, 2.75) is 12.8 Å². The topological polar surface area (TPSA) is 61.6 Å². The van der Waals surface area contributed by atoms with Gasteiger partial charge >= 0.3 is 0 Å². The fourth-order valence-corrected chi connectivity index (χ4v) is 2.19. The number of hydrogen-bond donors (Lipinski definition) is 2. The van der Waals surface area contributed by atoms with Crippen LogP contribution in [0.25, 0.3) is 0 Å². The van der Waals surface area contributed by atoms with Crippen molar-refractivity contribution in [2.24, 2.45) is 11.7 Å². The zero-order valence-electron chi connectivity index (χ0n) is 10.5. The maximum atomic E-state index is 11.7. The highest BCUT2D eigenvalue weighted by Gasteiger charge is 2.23. The van der Waals surface area contributed by atoms with Gasteiger partial charge in [0.2, 0.25) is 5.91 Å². The Balaban J connectivity index is 1.58. The molecule has 0 spiro atoms. The number of nitrogens with two attached hydrogens (primary N) is 1. The molecule has 0 unspecified atom stereocenters. The van der Waals surface area contributed by atoms with Crippen molar-refractivity contribution < 1.29 is 4.79 Å². The third-order valence-corrected chi connectivity index (χ3v) is 3.56. The van der Waals surface area contributed by atoms with Gasteiger partial charge in [0.25, 0.3) is 0 Å². The molecule has 1 saturated carbocycles. The van der Waals surface area contributed by atoms with Gasteiger partial charge in [-0.15, -0.1) is 0 Å². The molecular weight excluding hydrogens is 216 g/mol. The van der Waals surface area contributed by atoms with Crippen LogP contribution in [0.2, 0.25) is 0 Å². The maximum Gasteiger partial charge on any atom is 0.234 e. The lowest BCUT2D eigenvalue weighted by molar-refractivity contribution is -0.122. The van der Waals surface area contributed by atoms with E-state index in [1.54, 1.807) is 0 Å². The molecule has 2 aliphatic rings. The third-order valence-electron chi connectivity index (χ3n) is 3.56. The molecule has 1 aliphatic heterocycles. The van der Waals surface area contributed by atoms with Crippen LogP contribution in [-0.2, 0) is 4.79 Å². The minimum absolute atomic E-state index is 0.184. The van der Waals surface area contributed by atoms with Crippen LogP contribution in [-0.4, -0.2) is 68.1 Å². The summed E-state index contributed by atoms with van der Waals surface area (Å²) in [4.78, 5) is 16.3. The molecule has 3 N–H and O–H groups in total. The lowest BCUT2D eigenvalue weighted by atomic mass is 10.3. The highest BCUT2D eigenvalue weighted by atomic mass is 16.2. The van der Waals surface area contributed by atoms with Gasteiger partial charge in [0.1, 0.15) is 0 Å². The Hall–Kier alpha value is -0.650. The molecule has 0 aromatic heterocycles. The Morgan fingerprint density at radius 1 is 1.18 bits per heavy atom. The highest BCUT2D eigenvalue weighted by Crippen LogP contribution is 2.27. The van der Waals surface area contributed by atoms with Crippen molar-refractivity contribution in [1.82, 2.24) is 15.1 Å². The van der Waals surface area contributed by atoms with E-state index in [4.69, 9.17) is 5.73 Å². The van der Waals surface area contributed by atoms with E-state index < -0.39 is 0 Å². The zero-order valence-corrected chi connectivity index (χ0v) is 10.5. The number of nitrogens with zero attached hydrogens (tertiary/aromatic N) is 2. The van der Waals surface area contributed by atoms with Crippen molar-refractivity contribution in [1.29, 1.82) is 0 Å². The van der Waals surface area contributed by atoms with E-state index >= 15 is 0 Å². The Kier molecular flexibility index (Phi) is 4.76. The average Bonchev–Trinajstić information content (AvgIpc) is 3.13. The molecule has 0 aromatic carbocycles. The van der Waals surface area contributed by atoms with Gasteiger partial charge in [-0.05, 0) is 18.8 Å². The molecule has 0 radical (unpaired) electrons. The normalized spacial score (nSPS) is 22.6. The van der Waals surface area contributed by atoms with Gasteiger partial charge in [0.05, 0.1) is 6.54 Å². The van der Waals surface area contributed by atoms with Gasteiger partial charge < -0.3 is 11.1 Å². The van der Waals surface area contributed by atoms with Gasteiger partial charge in [0, 0.05) is 45.8 Å². The molecule has 1 saturated heterocycles. The predicted octanol–water partition coefficient (Wildman–Crippen LogP) is -0.911. The molecule has 0 aromatic rings. The number of carbonyl (C=O) groups is 1. The summed E-state index contributed by atoms with van der Waals surface area (Å²) in [5.41, 5.74) is 5.53. The van der Waals surface area contributed by atoms with Crippen LogP contribution in [0.5, 0.6) is 0 Å². The third kappa shape index (κ3) is 4.61. The molecule has 17 heavy (non-hydrogen) atoms. The summed E-state index contributed by atoms with van der Waals surface area (Å²) in [5, 5.41) is 3.01. The van der Waals surface area contributed by atoms with Crippen molar-refractivity contribution in [2.75, 3.05) is 52.4 Å². The molecule has 1 heterocycles. The molecule has 1 amide bonds. The Morgan fingerprint density at radius 2 is 1.82 bits per heavy atom. The van der Waals surface area contributed by atoms with Gasteiger partial charge in [0.15, 0.2) is 0 Å². The van der Waals surface area contributed by atoms with Crippen molar-refractivity contribution >= 4 is 5.91 Å². The lowest BCUT2D eigenvalue weighted by Gasteiger charge is -2.33. The van der Waals surface area contributed by atoms with Crippen molar-refractivity contribution in [3.8, 4) is 0 Å². The second-order valence-corrected chi connectivity index (χ2v) is 5.15. The molecule has 0 bridgehead atoms. The number of amides is 1. The Morgan fingerprint density at radius 3 is 2.41 bits per heavy atom. The molecule has 5 nitrogen and oxygen atoms in total. The summed E-state index contributed by atoms with van der Waals surface area (Å²) in [7, 11) is 0. The zero-order chi connectivity index (χ0) is 12.1. The largest absolute Gasteiger partial charge is 0.355 e. The summed E-state index contributed by atoms with van der Waals surface area (Å²) in [6.45, 7) is 7.17. The van der Waals surface area contributed by atoms with E-state index in [-0.39, 0.29) is 5.91 Å². The molecule has 2 fully saturated rings. The molecule has 98 valence electrons. The van der Waals surface area contributed by atoms with Gasteiger partial charge in [-0.1, -0.05) is 0 Å². The van der Waals surface area contributed by atoms with Crippen LogP contribution in [0.3, 0.4) is 0 Å². The fraction of sp³-hybridized carbons (Fsp3) is 0.917. The van der Waals surface area contributed by atoms with Gasteiger partial charge in [-0.2, -0.15) is 0 Å². The van der Waals surface area contributed by atoms with Crippen LogP contribution in [0, 0.1) is 5.92 Å². The quantitative estimate of drug-likeness (QED) is 0.631. The number of nitrogens with one attached hydrogen (secondary N) is 1. The molecule has 5 heteroatoms. The number of hydrogen-bond acceptors (Lipinski definition) is 4. The van der Waals surface area contributed by atoms with Crippen LogP contribution < -0.4 is 11.1 Å². The monoisotopic (exact) mass is 240 g/mol. The SMILES string of the molecule is NCCN1CCN(CC(=O)NCC2CC2)CC1. The fourth-order valence-electron chi connectivity index (χ4n) is 2.19. The second kappa shape index (κ2) is 6.33. The molecule has 0 atom stereocenters. The predicted molar refractivity (Wildman–Crippen MR) is 67.7 cm³/mol. The summed E-state index contributed by atoms with van der Waals surface area (Å²) in [6, 6.07) is 0. The van der Waals surface area contributed by atoms with E-state index in [2.05, 4.69) is 15.1 Å². The first-order valence-corrected chi connectivity index (χ1v) is 6.69. The molecular formula is C12H24N4O. The molecule has 2 rings (SSSR count). The van der Waals surface area contributed by atoms with Gasteiger partial charge in [-0.3, -0.25) is 14.6 Å². The highest BCUT2D eigenvalue weighted by molar-refractivity contribution is 5.78. The van der Waals surface area contributed by atoms with E-state index in [0.29, 0.717) is 6.54 Å². The van der Waals surface area contributed by atoms with Crippen LogP contribution in [0.1, 0.15) is 12.8 Å². The second-order valence-electron chi connectivity index (χ2n) is 5.15. The Bertz CT molecular complexity index is 247. The standard InChI is InChI=1S/C12H24N4O/c13-3-4-15-5-7-16(8-6-15)10-12(17)14-9-11-1-2-11/h11H,1-10,13H2,(H,14,17). The van der Waals surface area contributed by atoms with E-state index in [9.17, 15) is 4.79 Å². The average molecular weight is 240 g/mol. The minimum Gasteiger partial charge on any atom is -0.355 e.